The molecule has 0 aliphatic rings. The molecule has 2 rings (SSSR count). The lowest BCUT2D eigenvalue weighted by atomic mass is 10.3. The number of nitrogens with zero attached hydrogens (tertiary/aromatic N) is 3. The van der Waals surface area contributed by atoms with Crippen molar-refractivity contribution in [2.24, 2.45) is 0 Å². The molecule has 1 aromatic carbocycles. The van der Waals surface area contributed by atoms with E-state index in [1.807, 2.05) is 0 Å². The first-order valence-electron chi connectivity index (χ1n) is 4.52. The molecule has 7 heteroatoms. The fraction of sp³-hybridized carbons (Fsp3) is 0. The molecule has 0 saturated carbocycles. The molecule has 0 radical (unpaired) electrons. The Labute approximate surface area is 102 Å². The molecule has 0 N–H and O–H groups in total. The minimum Gasteiger partial charge on any atom is -0.220 e. The Bertz CT molecular complexity index is 686. The molecule has 1 heterocycles. The molecule has 0 amide bonds. The summed E-state index contributed by atoms with van der Waals surface area (Å²) < 4.78 is 24.0. The van der Waals surface area contributed by atoms with Crippen LogP contribution in [0, 0.1) is 11.3 Å². The Kier molecular flexibility index (Phi) is 2.88. The van der Waals surface area contributed by atoms with E-state index in [0.29, 0.717) is 5.69 Å². The molecule has 0 bridgehead atoms. The molecule has 0 saturated heterocycles. The molecule has 2 aromatic rings. The molecule has 0 fully saturated rings. The summed E-state index contributed by atoms with van der Waals surface area (Å²) in [4.78, 5) is 0. The van der Waals surface area contributed by atoms with Gasteiger partial charge in [0.25, 0.3) is 9.05 Å². The summed E-state index contributed by atoms with van der Waals surface area (Å²) in [5, 5.41) is 12.4. The minimum absolute atomic E-state index is 0.0798. The molecule has 1 aromatic heterocycles. The summed E-state index contributed by atoms with van der Waals surface area (Å²) in [5.41, 5.74) is 0.442. The predicted octanol–water partition coefficient (Wildman–Crippen LogP) is 1.67. The number of hydrogen-bond donors (Lipinski definition) is 0. The van der Waals surface area contributed by atoms with Gasteiger partial charge in [0, 0.05) is 10.7 Å². The van der Waals surface area contributed by atoms with Crippen molar-refractivity contribution >= 4 is 19.7 Å². The van der Waals surface area contributed by atoms with E-state index in [9.17, 15) is 8.42 Å². The maximum Gasteiger partial charge on any atom is 0.280 e. The van der Waals surface area contributed by atoms with Crippen LogP contribution in [0.3, 0.4) is 0 Å². The fourth-order valence-corrected chi connectivity index (χ4v) is 2.57. The van der Waals surface area contributed by atoms with Gasteiger partial charge in [-0.05, 0) is 12.1 Å². The van der Waals surface area contributed by atoms with Gasteiger partial charge in [-0.15, -0.1) is 0 Å². The summed E-state index contributed by atoms with van der Waals surface area (Å²) in [6.45, 7) is 0. The second kappa shape index (κ2) is 4.20. The van der Waals surface area contributed by atoms with Crippen LogP contribution >= 0.6 is 10.7 Å². The van der Waals surface area contributed by atoms with Gasteiger partial charge in [0.2, 0.25) is 0 Å². The lowest BCUT2D eigenvalue weighted by Gasteiger charge is -2.04. The zero-order valence-corrected chi connectivity index (χ0v) is 9.98. The van der Waals surface area contributed by atoms with Crippen molar-refractivity contribution in [1.82, 2.24) is 9.78 Å². The number of nitriles is 1. The highest BCUT2D eigenvalue weighted by Gasteiger charge is 2.23. The van der Waals surface area contributed by atoms with Gasteiger partial charge in [0.1, 0.15) is 11.6 Å². The minimum atomic E-state index is -4.03. The average molecular weight is 268 g/mol. The number of aromatic nitrogens is 2. The topological polar surface area (TPSA) is 75.8 Å². The normalized spacial score (nSPS) is 11.1. The van der Waals surface area contributed by atoms with Gasteiger partial charge in [0.05, 0.1) is 11.9 Å². The summed E-state index contributed by atoms with van der Waals surface area (Å²) >= 11 is 0. The van der Waals surface area contributed by atoms with E-state index in [1.165, 1.54) is 6.20 Å². The maximum absolute atomic E-state index is 11.4. The molecule has 5 nitrogen and oxygen atoms in total. The van der Waals surface area contributed by atoms with E-state index in [4.69, 9.17) is 15.9 Å². The molecular weight excluding hydrogens is 262 g/mol. The van der Waals surface area contributed by atoms with Crippen LogP contribution in [-0.4, -0.2) is 18.2 Å². The van der Waals surface area contributed by atoms with Crippen LogP contribution in [0.5, 0.6) is 0 Å². The molecule has 0 aliphatic heterocycles. The Morgan fingerprint density at radius 1 is 1.29 bits per heavy atom. The van der Waals surface area contributed by atoms with Crippen molar-refractivity contribution in [2.75, 3.05) is 0 Å². The highest BCUT2D eigenvalue weighted by molar-refractivity contribution is 8.13. The van der Waals surface area contributed by atoms with Gasteiger partial charge >= 0.3 is 0 Å². The van der Waals surface area contributed by atoms with Crippen molar-refractivity contribution in [1.29, 1.82) is 5.26 Å². The number of halogens is 1. The SMILES string of the molecule is N#Cc1cnn(-c2ccccc2)c1S(=O)(=O)Cl. The van der Waals surface area contributed by atoms with Gasteiger partial charge in [-0.1, -0.05) is 18.2 Å². The third-order valence-corrected chi connectivity index (χ3v) is 3.37. The molecule has 0 unspecified atom stereocenters. The lowest BCUT2D eigenvalue weighted by Crippen LogP contribution is -2.05. The van der Waals surface area contributed by atoms with E-state index in [1.54, 1.807) is 36.4 Å². The first-order chi connectivity index (χ1) is 8.04. The standard InChI is InChI=1S/C10H6ClN3O2S/c11-17(15,16)10-8(6-12)7-13-14(10)9-4-2-1-3-5-9/h1-5,7H. The van der Waals surface area contributed by atoms with Gasteiger partial charge in [-0.25, -0.2) is 13.1 Å². The van der Waals surface area contributed by atoms with Crippen LogP contribution in [0.15, 0.2) is 41.6 Å². The molecule has 17 heavy (non-hydrogen) atoms. The predicted molar refractivity (Wildman–Crippen MR) is 61.3 cm³/mol. The van der Waals surface area contributed by atoms with E-state index in [2.05, 4.69) is 5.10 Å². The number of para-hydroxylation sites is 1. The molecule has 0 aliphatic carbocycles. The van der Waals surface area contributed by atoms with Crippen LogP contribution in [0.4, 0.5) is 0 Å². The second-order valence-corrected chi connectivity index (χ2v) is 5.64. The van der Waals surface area contributed by atoms with E-state index >= 15 is 0 Å². The summed E-state index contributed by atoms with van der Waals surface area (Å²) in [7, 11) is 1.27. The van der Waals surface area contributed by atoms with Crippen LogP contribution in [0.1, 0.15) is 5.56 Å². The Morgan fingerprint density at radius 2 is 1.94 bits per heavy atom. The number of rotatable bonds is 2. The van der Waals surface area contributed by atoms with E-state index < -0.39 is 9.05 Å². The van der Waals surface area contributed by atoms with Crippen molar-refractivity contribution in [3.63, 3.8) is 0 Å². The number of hydrogen-bond acceptors (Lipinski definition) is 4. The highest BCUT2D eigenvalue weighted by Crippen LogP contribution is 2.22. The Hall–Kier alpha value is -1.84. The van der Waals surface area contributed by atoms with Gasteiger partial charge in [0.15, 0.2) is 5.03 Å². The summed E-state index contributed by atoms with van der Waals surface area (Å²) in [5.74, 6) is 0. The molecule has 0 spiro atoms. The van der Waals surface area contributed by atoms with Gasteiger partial charge in [-0.3, -0.25) is 0 Å². The second-order valence-electron chi connectivity index (χ2n) is 3.16. The zero-order valence-electron chi connectivity index (χ0n) is 8.41. The summed E-state index contributed by atoms with van der Waals surface area (Å²) in [6, 6.07) is 10.3. The highest BCUT2D eigenvalue weighted by atomic mass is 35.7. The van der Waals surface area contributed by atoms with Gasteiger partial charge in [-0.2, -0.15) is 10.4 Å². The Balaban J connectivity index is 2.74. The van der Waals surface area contributed by atoms with Crippen molar-refractivity contribution in [3.05, 3.63) is 42.1 Å². The summed E-state index contributed by atoms with van der Waals surface area (Å²) in [6.07, 6.45) is 1.17. The molecular formula is C10H6ClN3O2S. The van der Waals surface area contributed by atoms with E-state index in [0.717, 1.165) is 4.68 Å². The average Bonchev–Trinajstić information content (AvgIpc) is 2.73. The van der Waals surface area contributed by atoms with Crippen LogP contribution in [0.25, 0.3) is 5.69 Å². The molecule has 0 atom stereocenters. The van der Waals surface area contributed by atoms with Crippen LogP contribution in [-0.2, 0) is 9.05 Å². The van der Waals surface area contributed by atoms with Gasteiger partial charge < -0.3 is 0 Å². The maximum atomic E-state index is 11.4. The largest absolute Gasteiger partial charge is 0.280 e. The lowest BCUT2D eigenvalue weighted by molar-refractivity contribution is 0.599. The third-order valence-electron chi connectivity index (χ3n) is 2.08. The monoisotopic (exact) mass is 267 g/mol. The first-order valence-corrected chi connectivity index (χ1v) is 6.83. The smallest absolute Gasteiger partial charge is 0.220 e. The fourth-order valence-electron chi connectivity index (χ4n) is 1.40. The zero-order chi connectivity index (χ0) is 12.5. The van der Waals surface area contributed by atoms with E-state index in [-0.39, 0.29) is 10.6 Å². The van der Waals surface area contributed by atoms with Crippen LogP contribution < -0.4 is 0 Å². The van der Waals surface area contributed by atoms with Crippen molar-refractivity contribution in [3.8, 4) is 11.8 Å². The van der Waals surface area contributed by atoms with Crippen molar-refractivity contribution < 1.29 is 8.42 Å². The molecule has 86 valence electrons. The third kappa shape index (κ3) is 2.16. The first kappa shape index (κ1) is 11.6. The van der Waals surface area contributed by atoms with Crippen LogP contribution in [0.2, 0.25) is 0 Å². The van der Waals surface area contributed by atoms with Crippen molar-refractivity contribution in [2.45, 2.75) is 5.03 Å². The Morgan fingerprint density at radius 3 is 2.47 bits per heavy atom. The number of benzene rings is 1. The quantitative estimate of drug-likeness (QED) is 0.776.